The highest BCUT2D eigenvalue weighted by Crippen LogP contribution is 2.28. The third-order valence-corrected chi connectivity index (χ3v) is 5.89. The number of aliphatic carboxylic acids is 1. The highest BCUT2D eigenvalue weighted by molar-refractivity contribution is 5.91. The van der Waals surface area contributed by atoms with Crippen molar-refractivity contribution in [2.45, 2.75) is 46.6 Å². The Labute approximate surface area is 204 Å². The van der Waals surface area contributed by atoms with Crippen LogP contribution in [-0.2, 0) is 16.0 Å². The first-order valence-corrected chi connectivity index (χ1v) is 11.5. The summed E-state index contributed by atoms with van der Waals surface area (Å²) in [5, 5.41) is 16.5. The van der Waals surface area contributed by atoms with Gasteiger partial charge in [-0.2, -0.15) is 0 Å². The fourth-order valence-corrected chi connectivity index (χ4v) is 3.95. The van der Waals surface area contributed by atoms with Crippen LogP contribution in [0.15, 0.2) is 53.1 Å². The minimum absolute atomic E-state index is 0.0121. The van der Waals surface area contributed by atoms with Crippen molar-refractivity contribution in [2.75, 3.05) is 13.2 Å². The molecule has 8 heteroatoms. The molecule has 7 nitrogen and oxygen atoms in total. The van der Waals surface area contributed by atoms with E-state index in [1.807, 2.05) is 31.2 Å². The van der Waals surface area contributed by atoms with Gasteiger partial charge in [-0.15, -0.1) is 0 Å². The Balaban J connectivity index is 1.84. The van der Waals surface area contributed by atoms with Gasteiger partial charge in [0.25, 0.3) is 5.91 Å². The number of nitrogens with zero attached hydrogens (tertiary/aromatic N) is 1. The number of carboxylic acid groups (broad SMARTS) is 1. The van der Waals surface area contributed by atoms with Gasteiger partial charge in [-0.25, -0.2) is 4.39 Å². The molecule has 3 rings (SSSR count). The third-order valence-electron chi connectivity index (χ3n) is 5.89. The summed E-state index contributed by atoms with van der Waals surface area (Å²) in [6.45, 7) is 7.41. The Morgan fingerprint density at radius 3 is 2.49 bits per heavy atom. The van der Waals surface area contributed by atoms with Gasteiger partial charge in [-0.3, -0.25) is 9.59 Å². The number of carbonyl (C=O) groups is 2. The number of aromatic nitrogens is 1. The van der Waals surface area contributed by atoms with Crippen LogP contribution in [0, 0.1) is 25.1 Å². The molecule has 0 aliphatic carbocycles. The lowest BCUT2D eigenvalue weighted by Gasteiger charge is -2.30. The lowest BCUT2D eigenvalue weighted by Crippen LogP contribution is -2.44. The zero-order valence-corrected chi connectivity index (χ0v) is 20.4. The quantitative estimate of drug-likeness (QED) is 0.401. The lowest BCUT2D eigenvalue weighted by atomic mass is 9.82. The Bertz CT molecular complexity index is 1170. The smallest absolute Gasteiger partial charge is 0.311 e. The maximum atomic E-state index is 14.3. The van der Waals surface area contributed by atoms with Gasteiger partial charge < -0.3 is 19.7 Å². The second-order valence-corrected chi connectivity index (χ2v) is 9.09. The second kappa shape index (κ2) is 11.3. The average molecular weight is 483 g/mol. The van der Waals surface area contributed by atoms with E-state index in [-0.39, 0.29) is 24.6 Å². The molecular formula is C27H31FN2O5. The van der Waals surface area contributed by atoms with Crippen LogP contribution in [0.4, 0.5) is 4.39 Å². The summed E-state index contributed by atoms with van der Waals surface area (Å²) in [6.07, 6.45) is 0.500. The number of amides is 1. The van der Waals surface area contributed by atoms with Gasteiger partial charge in [-0.1, -0.05) is 41.1 Å². The molecule has 1 aromatic heterocycles. The molecule has 0 aliphatic rings. The molecule has 0 saturated heterocycles. The van der Waals surface area contributed by atoms with E-state index in [9.17, 15) is 19.1 Å². The molecule has 0 fully saturated rings. The molecule has 0 bridgehead atoms. The number of rotatable bonds is 11. The second-order valence-electron chi connectivity index (χ2n) is 9.09. The van der Waals surface area contributed by atoms with Crippen molar-refractivity contribution in [1.82, 2.24) is 10.5 Å². The van der Waals surface area contributed by atoms with Crippen LogP contribution in [0.3, 0.4) is 0 Å². The van der Waals surface area contributed by atoms with E-state index in [4.69, 9.17) is 9.26 Å². The van der Waals surface area contributed by atoms with Crippen LogP contribution in [0.1, 0.15) is 47.6 Å². The normalized spacial score (nSPS) is 13.7. The zero-order valence-electron chi connectivity index (χ0n) is 20.4. The van der Waals surface area contributed by atoms with Crippen molar-refractivity contribution >= 4 is 11.9 Å². The first kappa shape index (κ1) is 26.1. The summed E-state index contributed by atoms with van der Waals surface area (Å²) < 4.78 is 24.8. The molecule has 3 aromatic rings. The zero-order chi connectivity index (χ0) is 25.6. The van der Waals surface area contributed by atoms with E-state index >= 15 is 0 Å². The van der Waals surface area contributed by atoms with Gasteiger partial charge in [-0.05, 0) is 63.8 Å². The number of benzene rings is 2. The van der Waals surface area contributed by atoms with E-state index < -0.39 is 23.3 Å². The first-order chi connectivity index (χ1) is 16.6. The molecule has 2 N–H and O–H groups in total. The fourth-order valence-electron chi connectivity index (χ4n) is 3.95. The number of halogens is 1. The van der Waals surface area contributed by atoms with Crippen LogP contribution in [0.2, 0.25) is 0 Å². The maximum absolute atomic E-state index is 14.3. The third kappa shape index (κ3) is 6.76. The number of carboxylic acids is 1. The van der Waals surface area contributed by atoms with Gasteiger partial charge in [0.1, 0.15) is 5.82 Å². The van der Waals surface area contributed by atoms with Crippen molar-refractivity contribution in [3.8, 4) is 11.1 Å². The Morgan fingerprint density at radius 1 is 1.17 bits per heavy atom. The predicted octanol–water partition coefficient (Wildman–Crippen LogP) is 4.96. The molecule has 2 atom stereocenters. The molecule has 35 heavy (non-hydrogen) atoms. The van der Waals surface area contributed by atoms with Crippen molar-refractivity contribution in [3.63, 3.8) is 0 Å². The van der Waals surface area contributed by atoms with E-state index in [0.29, 0.717) is 24.3 Å². The van der Waals surface area contributed by atoms with Crippen molar-refractivity contribution in [3.05, 3.63) is 76.9 Å². The monoisotopic (exact) mass is 482 g/mol. The van der Waals surface area contributed by atoms with Crippen LogP contribution in [0.25, 0.3) is 11.1 Å². The fraction of sp³-hybridized carbons (Fsp3) is 0.370. The van der Waals surface area contributed by atoms with Gasteiger partial charge in [0.05, 0.1) is 17.7 Å². The molecule has 0 aliphatic heterocycles. The van der Waals surface area contributed by atoms with Crippen molar-refractivity contribution < 1.29 is 28.3 Å². The Hall–Kier alpha value is -3.52. The number of hydrogen-bond donors (Lipinski definition) is 2. The number of aryl methyl sites for hydroxylation is 2. The maximum Gasteiger partial charge on any atom is 0.311 e. The van der Waals surface area contributed by atoms with Crippen molar-refractivity contribution in [2.24, 2.45) is 5.41 Å². The van der Waals surface area contributed by atoms with Crippen LogP contribution < -0.4 is 5.32 Å². The summed E-state index contributed by atoms with van der Waals surface area (Å²) in [5.74, 6) is -1.73. The molecule has 0 radical (unpaired) electrons. The van der Waals surface area contributed by atoms with Gasteiger partial charge in [0.15, 0.2) is 0 Å². The topological polar surface area (TPSA) is 102 Å². The molecule has 1 heterocycles. The van der Waals surface area contributed by atoms with E-state index in [0.717, 1.165) is 16.7 Å². The largest absolute Gasteiger partial charge is 0.481 e. The standard InChI is InChI=1S/C27H31FN2O5/c1-5-34-16-27(4,26(32)33)15-21(29-25(31)24-13-18(3)30-35-24)14-19-7-9-20(10-8-19)22-12-17(2)6-11-23(22)28/h6-13,21H,5,14-16H2,1-4H3,(H,29,31)(H,32,33)/t21-,27+/m1/s1. The number of nitrogens with one attached hydrogen (secondary N) is 1. The molecule has 0 unspecified atom stereocenters. The summed E-state index contributed by atoms with van der Waals surface area (Å²) in [6, 6.07) is 13.3. The van der Waals surface area contributed by atoms with Crippen LogP contribution in [0.5, 0.6) is 0 Å². The molecule has 186 valence electrons. The SMILES string of the molecule is CCOC[C@](C)(C[C@@H](Cc1ccc(-c2cc(C)ccc2F)cc1)NC(=O)c1cc(C)no1)C(=O)O. The number of ether oxygens (including phenoxy) is 1. The van der Waals surface area contributed by atoms with E-state index in [2.05, 4.69) is 10.5 Å². The van der Waals surface area contributed by atoms with E-state index in [1.165, 1.54) is 12.1 Å². The molecule has 1 amide bonds. The minimum Gasteiger partial charge on any atom is -0.481 e. The highest BCUT2D eigenvalue weighted by atomic mass is 19.1. The highest BCUT2D eigenvalue weighted by Gasteiger charge is 2.37. The summed E-state index contributed by atoms with van der Waals surface area (Å²) in [4.78, 5) is 24.9. The molecular weight excluding hydrogens is 451 g/mol. The first-order valence-electron chi connectivity index (χ1n) is 11.5. The van der Waals surface area contributed by atoms with Gasteiger partial charge in [0, 0.05) is 24.3 Å². The summed E-state index contributed by atoms with van der Waals surface area (Å²) >= 11 is 0. The van der Waals surface area contributed by atoms with E-state index in [1.54, 1.807) is 32.9 Å². The Morgan fingerprint density at radius 2 is 1.89 bits per heavy atom. The van der Waals surface area contributed by atoms with Crippen LogP contribution >= 0.6 is 0 Å². The molecule has 0 spiro atoms. The summed E-state index contributed by atoms with van der Waals surface area (Å²) in [5.41, 5.74) is 2.42. The average Bonchev–Trinajstić information content (AvgIpc) is 3.26. The minimum atomic E-state index is -1.21. The molecule has 0 saturated carbocycles. The Kier molecular flexibility index (Phi) is 8.40. The number of hydrogen-bond acceptors (Lipinski definition) is 5. The number of carbonyl (C=O) groups excluding carboxylic acids is 1. The van der Waals surface area contributed by atoms with Crippen LogP contribution in [-0.4, -0.2) is 41.4 Å². The summed E-state index contributed by atoms with van der Waals surface area (Å²) in [7, 11) is 0. The van der Waals surface area contributed by atoms with Gasteiger partial charge >= 0.3 is 5.97 Å². The predicted molar refractivity (Wildman–Crippen MR) is 130 cm³/mol. The molecule has 2 aromatic carbocycles. The van der Waals surface area contributed by atoms with Crippen molar-refractivity contribution in [1.29, 1.82) is 0 Å². The van der Waals surface area contributed by atoms with Gasteiger partial charge in [0.2, 0.25) is 5.76 Å². The lowest BCUT2D eigenvalue weighted by molar-refractivity contribution is -0.152.